The van der Waals surface area contributed by atoms with E-state index in [9.17, 15) is 10.1 Å². The predicted molar refractivity (Wildman–Crippen MR) is 140 cm³/mol. The normalized spacial score (nSPS) is 15.4. The quantitative estimate of drug-likeness (QED) is 0.296. The zero-order chi connectivity index (χ0) is 24.3. The van der Waals surface area contributed by atoms with Gasteiger partial charge in [-0.25, -0.2) is 9.97 Å². The molecule has 4 rings (SSSR count). The molecule has 1 aliphatic rings. The van der Waals surface area contributed by atoms with Crippen LogP contribution in [-0.2, 0) is 17.6 Å². The average molecular weight is 491 g/mol. The monoisotopic (exact) mass is 490 g/mol. The summed E-state index contributed by atoms with van der Waals surface area (Å²) >= 11 is 2.89. The van der Waals surface area contributed by atoms with Crippen LogP contribution in [0.15, 0.2) is 41.6 Å². The molecule has 0 saturated carbocycles. The number of aromatic nitrogens is 2. The molecular weight excluding hydrogens is 460 g/mol. The summed E-state index contributed by atoms with van der Waals surface area (Å²) in [5.74, 6) is 0.653. The number of nitrogens with zero attached hydrogens (tertiary/aromatic N) is 3. The van der Waals surface area contributed by atoms with Gasteiger partial charge in [-0.2, -0.15) is 5.26 Å². The first kappa shape index (κ1) is 24.4. The van der Waals surface area contributed by atoms with Gasteiger partial charge in [0.15, 0.2) is 5.16 Å². The van der Waals surface area contributed by atoms with E-state index in [-0.39, 0.29) is 17.1 Å². The van der Waals surface area contributed by atoms with Gasteiger partial charge in [0.05, 0.1) is 17.0 Å². The Labute approximate surface area is 210 Å². The number of anilines is 1. The summed E-state index contributed by atoms with van der Waals surface area (Å²) in [5.41, 5.74) is 4.78. The summed E-state index contributed by atoms with van der Waals surface area (Å²) in [6.45, 7) is 8.84. The molecule has 0 saturated heterocycles. The summed E-state index contributed by atoms with van der Waals surface area (Å²) in [6.07, 6.45) is 4.13. The fraction of sp³-hybridized carbons (Fsp3) is 0.407. The Bertz CT molecular complexity index is 1230. The summed E-state index contributed by atoms with van der Waals surface area (Å²) in [7, 11) is 0. The van der Waals surface area contributed by atoms with Gasteiger partial charge in [0.2, 0.25) is 5.91 Å². The maximum Gasteiger partial charge on any atom is 0.235 e. The number of rotatable bonds is 7. The van der Waals surface area contributed by atoms with E-state index in [0.717, 1.165) is 48.2 Å². The van der Waals surface area contributed by atoms with E-state index < -0.39 is 0 Å². The molecule has 1 atom stereocenters. The van der Waals surface area contributed by atoms with Crippen molar-refractivity contribution in [3.63, 3.8) is 0 Å². The first-order chi connectivity index (χ1) is 16.3. The number of carbonyl (C=O) groups is 1. The van der Waals surface area contributed by atoms with Crippen molar-refractivity contribution < 1.29 is 4.79 Å². The Morgan fingerprint density at radius 2 is 2.06 bits per heavy atom. The minimum Gasteiger partial charge on any atom is -0.316 e. The van der Waals surface area contributed by atoms with Crippen LogP contribution in [0.5, 0.6) is 0 Å². The van der Waals surface area contributed by atoms with Crippen LogP contribution in [0.3, 0.4) is 0 Å². The number of hydrogen-bond acceptors (Lipinski definition) is 6. The Balaban J connectivity index is 1.45. The smallest absolute Gasteiger partial charge is 0.235 e. The molecule has 1 N–H and O–H groups in total. The fourth-order valence-electron chi connectivity index (χ4n) is 4.40. The third-order valence-electron chi connectivity index (χ3n) is 6.88. The SMILES string of the molecule is CCC(C)(C)[C@@H]1CCc2c(sc(NC(=O)CSc3nc(C)cc(-c4ccccc4)n3)c2C#N)C1. The molecule has 0 aliphatic heterocycles. The van der Waals surface area contributed by atoms with Crippen molar-refractivity contribution in [1.29, 1.82) is 5.26 Å². The highest BCUT2D eigenvalue weighted by molar-refractivity contribution is 7.99. The molecule has 1 aromatic carbocycles. The maximum atomic E-state index is 12.8. The Morgan fingerprint density at radius 1 is 1.29 bits per heavy atom. The third-order valence-corrected chi connectivity index (χ3v) is 8.90. The highest BCUT2D eigenvalue weighted by Gasteiger charge is 2.34. The summed E-state index contributed by atoms with van der Waals surface area (Å²) in [4.78, 5) is 23.2. The molecule has 7 heteroatoms. The van der Waals surface area contributed by atoms with E-state index in [1.165, 1.54) is 16.6 Å². The van der Waals surface area contributed by atoms with Gasteiger partial charge in [0.25, 0.3) is 0 Å². The van der Waals surface area contributed by atoms with E-state index in [4.69, 9.17) is 0 Å². The molecule has 5 nitrogen and oxygen atoms in total. The number of fused-ring (bicyclic) bond motifs is 1. The minimum absolute atomic E-state index is 0.142. The van der Waals surface area contributed by atoms with Gasteiger partial charge in [0.1, 0.15) is 11.1 Å². The van der Waals surface area contributed by atoms with Gasteiger partial charge in [-0.1, -0.05) is 69.3 Å². The fourth-order valence-corrected chi connectivity index (χ4v) is 6.40. The molecule has 0 spiro atoms. The largest absolute Gasteiger partial charge is 0.316 e. The number of hydrogen-bond donors (Lipinski definition) is 1. The van der Waals surface area contributed by atoms with Gasteiger partial charge in [-0.15, -0.1) is 11.3 Å². The lowest BCUT2D eigenvalue weighted by Gasteiger charge is -2.36. The third kappa shape index (κ3) is 5.34. The molecule has 0 radical (unpaired) electrons. The van der Waals surface area contributed by atoms with Gasteiger partial charge >= 0.3 is 0 Å². The van der Waals surface area contributed by atoms with E-state index in [2.05, 4.69) is 42.1 Å². The second-order valence-electron chi connectivity index (χ2n) is 9.48. The Hall–Kier alpha value is -2.69. The second kappa shape index (κ2) is 10.3. The number of nitrogens with one attached hydrogen (secondary N) is 1. The molecule has 0 unspecified atom stereocenters. The zero-order valence-corrected chi connectivity index (χ0v) is 21.8. The van der Waals surface area contributed by atoms with E-state index in [1.54, 1.807) is 11.3 Å². The molecule has 3 aromatic rings. The van der Waals surface area contributed by atoms with Crippen LogP contribution in [0, 0.1) is 29.6 Å². The van der Waals surface area contributed by atoms with Crippen molar-refractivity contribution in [2.24, 2.45) is 11.3 Å². The van der Waals surface area contributed by atoms with Gasteiger partial charge in [-0.05, 0) is 49.1 Å². The first-order valence-electron chi connectivity index (χ1n) is 11.7. The van der Waals surface area contributed by atoms with Crippen LogP contribution in [-0.4, -0.2) is 21.6 Å². The standard InChI is InChI=1S/C27H30N4OS2/c1-5-27(3,4)19-11-12-20-21(15-28)25(34-23(20)14-19)31-24(32)16-33-26-29-17(2)13-22(30-26)18-9-7-6-8-10-18/h6-10,13,19H,5,11-12,14,16H2,1-4H3,(H,31,32)/t19-/m1/s1. The van der Waals surface area contributed by atoms with E-state index in [1.807, 2.05) is 43.3 Å². The summed E-state index contributed by atoms with van der Waals surface area (Å²) < 4.78 is 0. The van der Waals surface area contributed by atoms with Gasteiger partial charge in [-0.3, -0.25) is 4.79 Å². The van der Waals surface area contributed by atoms with Crippen molar-refractivity contribution in [1.82, 2.24) is 9.97 Å². The number of aryl methyl sites for hydroxylation is 1. The maximum absolute atomic E-state index is 12.8. The number of nitriles is 1. The molecule has 1 amide bonds. The molecular formula is C27H30N4OS2. The van der Waals surface area contributed by atoms with E-state index >= 15 is 0 Å². The molecule has 1 aliphatic carbocycles. The molecule has 34 heavy (non-hydrogen) atoms. The van der Waals surface area contributed by atoms with Crippen LogP contribution < -0.4 is 5.32 Å². The van der Waals surface area contributed by atoms with Gasteiger partial charge < -0.3 is 5.32 Å². The average Bonchev–Trinajstić information content (AvgIpc) is 3.19. The van der Waals surface area contributed by atoms with Crippen molar-refractivity contribution in [3.8, 4) is 17.3 Å². The molecule has 2 heterocycles. The van der Waals surface area contributed by atoms with Crippen LogP contribution in [0.2, 0.25) is 0 Å². The van der Waals surface area contributed by atoms with Crippen LogP contribution >= 0.6 is 23.1 Å². The lowest BCUT2D eigenvalue weighted by molar-refractivity contribution is -0.113. The lowest BCUT2D eigenvalue weighted by atomic mass is 9.69. The molecule has 176 valence electrons. The van der Waals surface area contributed by atoms with Crippen LogP contribution in [0.4, 0.5) is 5.00 Å². The van der Waals surface area contributed by atoms with Crippen molar-refractivity contribution in [2.75, 3.05) is 11.1 Å². The molecule has 0 fully saturated rings. The molecule has 2 aromatic heterocycles. The highest BCUT2D eigenvalue weighted by atomic mass is 32.2. The summed E-state index contributed by atoms with van der Waals surface area (Å²) in [6, 6.07) is 14.2. The number of benzene rings is 1. The number of thiophene rings is 1. The van der Waals surface area contributed by atoms with Gasteiger partial charge in [0, 0.05) is 16.1 Å². The van der Waals surface area contributed by atoms with Crippen molar-refractivity contribution >= 4 is 34.0 Å². The van der Waals surface area contributed by atoms with Crippen LogP contribution in [0.1, 0.15) is 55.3 Å². The Morgan fingerprint density at radius 3 is 2.76 bits per heavy atom. The van der Waals surface area contributed by atoms with E-state index in [0.29, 0.717) is 21.6 Å². The molecule has 0 bridgehead atoms. The predicted octanol–water partition coefficient (Wildman–Crippen LogP) is 6.66. The van der Waals surface area contributed by atoms with Crippen molar-refractivity contribution in [3.05, 3.63) is 58.1 Å². The van der Waals surface area contributed by atoms with Crippen LogP contribution in [0.25, 0.3) is 11.3 Å². The Kier molecular flexibility index (Phi) is 7.39. The number of carbonyl (C=O) groups excluding carboxylic acids is 1. The topological polar surface area (TPSA) is 78.7 Å². The first-order valence-corrected chi connectivity index (χ1v) is 13.5. The zero-order valence-electron chi connectivity index (χ0n) is 20.1. The number of thioether (sulfide) groups is 1. The highest BCUT2D eigenvalue weighted by Crippen LogP contribution is 2.45. The summed E-state index contributed by atoms with van der Waals surface area (Å²) in [5, 5.41) is 14.1. The van der Waals surface area contributed by atoms with Crippen molar-refractivity contribution in [2.45, 2.75) is 58.5 Å². The minimum atomic E-state index is -0.142. The number of amides is 1. The lowest BCUT2D eigenvalue weighted by Crippen LogP contribution is -2.28. The second-order valence-corrected chi connectivity index (χ2v) is 11.5.